The van der Waals surface area contributed by atoms with E-state index < -0.39 is 0 Å². The van der Waals surface area contributed by atoms with E-state index in [1.807, 2.05) is 0 Å². The fourth-order valence-corrected chi connectivity index (χ4v) is 2.05. The van der Waals surface area contributed by atoms with Gasteiger partial charge in [-0.15, -0.1) is 0 Å². The smallest absolute Gasteiger partial charge is 0.273 e. The minimum atomic E-state index is -0.356. The third kappa shape index (κ3) is 3.64. The SMILES string of the molecule is CNC(=O)c1nn(C)cc1NC(=O)CCn1cc(Cl)c(C)n1. The Balaban J connectivity index is 1.99. The van der Waals surface area contributed by atoms with Gasteiger partial charge in [0, 0.05) is 39.5 Å². The van der Waals surface area contributed by atoms with Gasteiger partial charge >= 0.3 is 0 Å². The Bertz CT molecular complexity index is 686. The van der Waals surface area contributed by atoms with Gasteiger partial charge in [0.1, 0.15) is 0 Å². The van der Waals surface area contributed by atoms with Crippen molar-refractivity contribution in [3.63, 3.8) is 0 Å². The molecule has 0 radical (unpaired) electrons. The summed E-state index contributed by atoms with van der Waals surface area (Å²) in [5.41, 5.74) is 1.27. The van der Waals surface area contributed by atoms with Crippen LogP contribution in [-0.2, 0) is 18.4 Å². The zero-order chi connectivity index (χ0) is 16.3. The maximum Gasteiger partial charge on any atom is 0.273 e. The van der Waals surface area contributed by atoms with Crippen LogP contribution in [0.25, 0.3) is 0 Å². The van der Waals surface area contributed by atoms with E-state index in [0.717, 1.165) is 5.69 Å². The molecule has 2 aromatic rings. The fraction of sp³-hybridized carbons (Fsp3) is 0.385. The highest BCUT2D eigenvalue weighted by Crippen LogP contribution is 2.14. The first-order valence-corrected chi connectivity index (χ1v) is 7.03. The molecule has 0 saturated heterocycles. The topological polar surface area (TPSA) is 93.8 Å². The molecule has 0 atom stereocenters. The Hall–Kier alpha value is -2.35. The highest BCUT2D eigenvalue weighted by molar-refractivity contribution is 6.31. The van der Waals surface area contributed by atoms with Gasteiger partial charge in [-0.25, -0.2) is 0 Å². The minimum Gasteiger partial charge on any atom is -0.354 e. The quantitative estimate of drug-likeness (QED) is 0.856. The lowest BCUT2D eigenvalue weighted by Gasteiger charge is -2.05. The lowest BCUT2D eigenvalue weighted by Crippen LogP contribution is -2.22. The molecular formula is C13H17ClN6O2. The molecule has 9 heteroatoms. The molecule has 0 saturated carbocycles. The van der Waals surface area contributed by atoms with Crippen LogP contribution in [0.1, 0.15) is 22.6 Å². The molecule has 2 N–H and O–H groups in total. The molecule has 0 aliphatic rings. The first-order valence-electron chi connectivity index (χ1n) is 6.66. The van der Waals surface area contributed by atoms with Crippen molar-refractivity contribution in [3.8, 4) is 0 Å². The normalized spacial score (nSPS) is 10.5. The molecule has 2 rings (SSSR count). The summed E-state index contributed by atoms with van der Waals surface area (Å²) in [4.78, 5) is 23.7. The number of carbonyl (C=O) groups excluding carboxylic acids is 2. The van der Waals surface area contributed by atoms with Crippen LogP contribution in [0, 0.1) is 6.92 Å². The fourth-order valence-electron chi connectivity index (χ4n) is 1.90. The second-order valence-electron chi connectivity index (χ2n) is 4.77. The van der Waals surface area contributed by atoms with Crippen molar-refractivity contribution >= 4 is 29.1 Å². The van der Waals surface area contributed by atoms with Gasteiger partial charge in [-0.3, -0.25) is 19.0 Å². The van der Waals surface area contributed by atoms with Gasteiger partial charge in [0.2, 0.25) is 5.91 Å². The number of halogens is 1. The molecule has 2 aromatic heterocycles. The van der Waals surface area contributed by atoms with E-state index in [1.165, 1.54) is 11.7 Å². The lowest BCUT2D eigenvalue weighted by molar-refractivity contribution is -0.116. The van der Waals surface area contributed by atoms with Crippen LogP contribution in [0.3, 0.4) is 0 Å². The molecule has 22 heavy (non-hydrogen) atoms. The molecule has 2 heterocycles. The van der Waals surface area contributed by atoms with Gasteiger partial charge in [0.25, 0.3) is 5.91 Å². The Kier molecular flexibility index (Phi) is 4.81. The number of aromatic nitrogens is 4. The summed E-state index contributed by atoms with van der Waals surface area (Å²) in [6.45, 7) is 2.19. The number of anilines is 1. The lowest BCUT2D eigenvalue weighted by atomic mass is 10.3. The van der Waals surface area contributed by atoms with E-state index in [2.05, 4.69) is 20.8 Å². The van der Waals surface area contributed by atoms with Gasteiger partial charge < -0.3 is 10.6 Å². The summed E-state index contributed by atoms with van der Waals surface area (Å²) < 4.78 is 3.08. The molecule has 0 bridgehead atoms. The molecule has 0 aromatic carbocycles. The van der Waals surface area contributed by atoms with Crippen molar-refractivity contribution in [1.82, 2.24) is 24.9 Å². The zero-order valence-corrected chi connectivity index (χ0v) is 13.3. The number of aryl methyl sites for hydroxylation is 3. The van der Waals surface area contributed by atoms with Crippen molar-refractivity contribution in [3.05, 3.63) is 28.8 Å². The van der Waals surface area contributed by atoms with Crippen LogP contribution >= 0.6 is 11.6 Å². The molecule has 0 fully saturated rings. The first-order chi connectivity index (χ1) is 10.4. The van der Waals surface area contributed by atoms with E-state index in [9.17, 15) is 9.59 Å². The zero-order valence-electron chi connectivity index (χ0n) is 12.6. The molecule has 118 valence electrons. The summed E-state index contributed by atoms with van der Waals surface area (Å²) >= 11 is 5.91. The van der Waals surface area contributed by atoms with Crippen molar-refractivity contribution in [2.24, 2.45) is 7.05 Å². The Morgan fingerprint density at radius 1 is 1.32 bits per heavy atom. The average molecular weight is 325 g/mol. The monoisotopic (exact) mass is 324 g/mol. The van der Waals surface area contributed by atoms with Crippen molar-refractivity contribution in [2.45, 2.75) is 19.9 Å². The number of carbonyl (C=O) groups is 2. The second kappa shape index (κ2) is 6.61. The van der Waals surface area contributed by atoms with Crippen LogP contribution in [0.4, 0.5) is 5.69 Å². The highest BCUT2D eigenvalue weighted by Gasteiger charge is 2.16. The summed E-state index contributed by atoms with van der Waals surface area (Å²) in [7, 11) is 3.18. The third-order valence-corrected chi connectivity index (χ3v) is 3.37. The van der Waals surface area contributed by atoms with Crippen LogP contribution in [0.5, 0.6) is 0 Å². The molecule has 0 aliphatic carbocycles. The number of amides is 2. The predicted octanol–water partition coefficient (Wildman–Crippen LogP) is 0.967. The van der Waals surface area contributed by atoms with Gasteiger partial charge in [-0.1, -0.05) is 11.6 Å². The number of hydrogen-bond donors (Lipinski definition) is 2. The van der Waals surface area contributed by atoms with Gasteiger partial charge in [-0.05, 0) is 6.92 Å². The maximum atomic E-state index is 12.0. The van der Waals surface area contributed by atoms with Crippen LogP contribution < -0.4 is 10.6 Å². The van der Waals surface area contributed by atoms with E-state index in [-0.39, 0.29) is 23.9 Å². The third-order valence-electron chi connectivity index (χ3n) is 3.00. The summed E-state index contributed by atoms with van der Waals surface area (Å²) in [5.74, 6) is -0.590. The maximum absolute atomic E-state index is 12.0. The van der Waals surface area contributed by atoms with Crippen LogP contribution in [0.15, 0.2) is 12.4 Å². The summed E-state index contributed by atoms with van der Waals surface area (Å²) in [6.07, 6.45) is 3.46. The molecule has 0 aliphatic heterocycles. The number of nitrogens with one attached hydrogen (secondary N) is 2. The van der Waals surface area contributed by atoms with E-state index in [4.69, 9.17) is 11.6 Å². The van der Waals surface area contributed by atoms with Gasteiger partial charge in [0.05, 0.1) is 16.4 Å². The highest BCUT2D eigenvalue weighted by atomic mass is 35.5. The van der Waals surface area contributed by atoms with Gasteiger partial charge in [0.15, 0.2) is 5.69 Å². The van der Waals surface area contributed by atoms with Crippen molar-refractivity contribution < 1.29 is 9.59 Å². The predicted molar refractivity (Wildman–Crippen MR) is 81.8 cm³/mol. The second-order valence-corrected chi connectivity index (χ2v) is 5.18. The number of rotatable bonds is 5. The average Bonchev–Trinajstić information content (AvgIpc) is 2.99. The Labute approximate surface area is 132 Å². The standard InChI is InChI=1S/C13H17ClN6O2/c1-8-9(14)6-20(17-8)5-4-11(21)16-10-7-19(3)18-12(10)13(22)15-2/h6-7H,4-5H2,1-3H3,(H,15,22)(H,16,21). The minimum absolute atomic E-state index is 0.177. The van der Waals surface area contributed by atoms with Crippen molar-refractivity contribution in [1.29, 1.82) is 0 Å². The van der Waals surface area contributed by atoms with E-state index >= 15 is 0 Å². The number of hydrogen-bond acceptors (Lipinski definition) is 4. The summed E-state index contributed by atoms with van der Waals surface area (Å²) in [5, 5.41) is 13.9. The van der Waals surface area contributed by atoms with E-state index in [1.54, 1.807) is 31.0 Å². The molecule has 0 unspecified atom stereocenters. The molecule has 0 spiro atoms. The number of nitrogens with zero attached hydrogens (tertiary/aromatic N) is 4. The Morgan fingerprint density at radius 2 is 2.05 bits per heavy atom. The van der Waals surface area contributed by atoms with Crippen LogP contribution in [-0.4, -0.2) is 38.4 Å². The Morgan fingerprint density at radius 3 is 2.64 bits per heavy atom. The molecular weight excluding hydrogens is 308 g/mol. The van der Waals surface area contributed by atoms with Crippen molar-refractivity contribution in [2.75, 3.05) is 12.4 Å². The largest absolute Gasteiger partial charge is 0.354 e. The molecule has 8 nitrogen and oxygen atoms in total. The summed E-state index contributed by atoms with van der Waals surface area (Å²) in [6, 6.07) is 0. The first kappa shape index (κ1) is 16.0. The van der Waals surface area contributed by atoms with E-state index in [0.29, 0.717) is 17.3 Å². The molecule has 2 amide bonds. The van der Waals surface area contributed by atoms with Gasteiger partial charge in [-0.2, -0.15) is 10.2 Å². The van der Waals surface area contributed by atoms with Crippen LogP contribution in [0.2, 0.25) is 5.02 Å².